The zero-order chi connectivity index (χ0) is 10.7. The van der Waals surface area contributed by atoms with E-state index in [1.807, 2.05) is 24.5 Å². The Morgan fingerprint density at radius 3 is 2.80 bits per heavy atom. The number of rotatable bonds is 3. The van der Waals surface area contributed by atoms with Crippen LogP contribution in [0.25, 0.3) is 0 Å². The molecule has 0 heterocycles. The van der Waals surface area contributed by atoms with Crippen LogP contribution < -0.4 is 5.32 Å². The molecule has 0 bridgehead atoms. The molecule has 1 saturated carbocycles. The Hall–Kier alpha value is -1.14. The number of nitriles is 1. The fraction of sp³-hybridized carbons (Fsp3) is 0.417. The molecule has 1 aliphatic rings. The molecule has 2 rings (SSSR count). The molecule has 0 radical (unpaired) electrons. The summed E-state index contributed by atoms with van der Waals surface area (Å²) in [5.41, 5.74) is 1.78. The maximum absolute atomic E-state index is 9.13. The molecule has 0 aromatic heterocycles. The third-order valence-electron chi connectivity index (χ3n) is 2.82. The SMILES string of the molecule is CSc1cccc(NC2CCC2)c1C#N. The zero-order valence-corrected chi connectivity index (χ0v) is 9.60. The second-order valence-corrected chi connectivity index (χ2v) is 4.61. The van der Waals surface area contributed by atoms with Crippen LogP contribution in [0.4, 0.5) is 5.69 Å². The molecule has 0 atom stereocenters. The van der Waals surface area contributed by atoms with Gasteiger partial charge in [-0.05, 0) is 37.7 Å². The monoisotopic (exact) mass is 218 g/mol. The van der Waals surface area contributed by atoms with E-state index in [9.17, 15) is 0 Å². The maximum atomic E-state index is 9.13. The lowest BCUT2D eigenvalue weighted by atomic mass is 9.92. The van der Waals surface area contributed by atoms with E-state index in [-0.39, 0.29) is 0 Å². The van der Waals surface area contributed by atoms with Gasteiger partial charge in [0.2, 0.25) is 0 Å². The van der Waals surface area contributed by atoms with Crippen LogP contribution in [-0.2, 0) is 0 Å². The molecule has 0 unspecified atom stereocenters. The van der Waals surface area contributed by atoms with E-state index in [2.05, 4.69) is 11.4 Å². The van der Waals surface area contributed by atoms with Crippen LogP contribution in [0.2, 0.25) is 0 Å². The first-order chi connectivity index (χ1) is 7.35. The highest BCUT2D eigenvalue weighted by molar-refractivity contribution is 7.98. The summed E-state index contributed by atoms with van der Waals surface area (Å²) < 4.78 is 0. The Bertz CT molecular complexity index is 391. The summed E-state index contributed by atoms with van der Waals surface area (Å²) >= 11 is 1.62. The van der Waals surface area contributed by atoms with Crippen LogP contribution >= 0.6 is 11.8 Å². The minimum absolute atomic E-state index is 0.578. The molecule has 1 fully saturated rings. The van der Waals surface area contributed by atoms with Gasteiger partial charge in [-0.25, -0.2) is 0 Å². The number of hydrogen-bond donors (Lipinski definition) is 1. The van der Waals surface area contributed by atoms with E-state index in [0.717, 1.165) is 16.1 Å². The molecular formula is C12H14N2S. The molecule has 1 N–H and O–H groups in total. The fourth-order valence-electron chi connectivity index (χ4n) is 1.71. The van der Waals surface area contributed by atoms with Gasteiger partial charge in [0.05, 0.1) is 11.3 Å². The van der Waals surface area contributed by atoms with Gasteiger partial charge in [-0.3, -0.25) is 0 Å². The highest BCUT2D eigenvalue weighted by Crippen LogP contribution is 2.29. The number of nitrogens with zero attached hydrogens (tertiary/aromatic N) is 1. The largest absolute Gasteiger partial charge is 0.381 e. The number of benzene rings is 1. The maximum Gasteiger partial charge on any atom is 0.102 e. The molecular weight excluding hydrogens is 204 g/mol. The number of anilines is 1. The van der Waals surface area contributed by atoms with Gasteiger partial charge in [0, 0.05) is 10.9 Å². The highest BCUT2D eigenvalue weighted by Gasteiger charge is 2.18. The molecule has 0 spiro atoms. The van der Waals surface area contributed by atoms with Crippen LogP contribution in [0.5, 0.6) is 0 Å². The third-order valence-corrected chi connectivity index (χ3v) is 3.60. The number of thioether (sulfide) groups is 1. The van der Waals surface area contributed by atoms with Crippen LogP contribution in [0.3, 0.4) is 0 Å². The predicted octanol–water partition coefficient (Wildman–Crippen LogP) is 3.24. The molecule has 15 heavy (non-hydrogen) atoms. The van der Waals surface area contributed by atoms with E-state index < -0.39 is 0 Å². The first kappa shape index (κ1) is 10.4. The normalized spacial score (nSPS) is 15.5. The Morgan fingerprint density at radius 1 is 1.47 bits per heavy atom. The average Bonchev–Trinajstić information content (AvgIpc) is 2.22. The summed E-state index contributed by atoms with van der Waals surface area (Å²) in [6, 6.07) is 8.86. The van der Waals surface area contributed by atoms with Crippen molar-refractivity contribution in [3.63, 3.8) is 0 Å². The molecule has 2 nitrogen and oxygen atoms in total. The van der Waals surface area contributed by atoms with Gasteiger partial charge < -0.3 is 5.32 Å². The summed E-state index contributed by atoms with van der Waals surface area (Å²) in [7, 11) is 0. The Morgan fingerprint density at radius 2 is 2.27 bits per heavy atom. The van der Waals surface area contributed by atoms with Crippen molar-refractivity contribution in [2.24, 2.45) is 0 Å². The lowest BCUT2D eigenvalue weighted by Crippen LogP contribution is -2.27. The van der Waals surface area contributed by atoms with Gasteiger partial charge in [0.1, 0.15) is 6.07 Å². The van der Waals surface area contributed by atoms with Gasteiger partial charge in [-0.15, -0.1) is 11.8 Å². The van der Waals surface area contributed by atoms with Gasteiger partial charge >= 0.3 is 0 Å². The first-order valence-corrected chi connectivity index (χ1v) is 6.41. The molecule has 3 heteroatoms. The lowest BCUT2D eigenvalue weighted by molar-refractivity contribution is 0.445. The molecule has 1 aliphatic carbocycles. The molecule has 1 aromatic carbocycles. The van der Waals surface area contributed by atoms with Crippen molar-refractivity contribution in [2.75, 3.05) is 11.6 Å². The van der Waals surface area contributed by atoms with Crippen LogP contribution in [0, 0.1) is 11.3 Å². The quantitative estimate of drug-likeness (QED) is 0.791. The standard InChI is InChI=1S/C12H14N2S/c1-15-12-7-3-6-11(10(12)8-13)14-9-4-2-5-9/h3,6-7,9,14H,2,4-5H2,1H3. The Labute approximate surface area is 94.7 Å². The number of nitrogens with one attached hydrogen (secondary N) is 1. The third kappa shape index (κ3) is 2.10. The second-order valence-electron chi connectivity index (χ2n) is 3.77. The van der Waals surface area contributed by atoms with E-state index in [1.165, 1.54) is 19.3 Å². The fourth-order valence-corrected chi connectivity index (χ4v) is 2.28. The smallest absolute Gasteiger partial charge is 0.102 e. The van der Waals surface area contributed by atoms with Crippen molar-refractivity contribution in [1.82, 2.24) is 0 Å². The average molecular weight is 218 g/mol. The number of hydrogen-bond acceptors (Lipinski definition) is 3. The van der Waals surface area contributed by atoms with Crippen LogP contribution in [0.1, 0.15) is 24.8 Å². The lowest BCUT2D eigenvalue weighted by Gasteiger charge is -2.28. The van der Waals surface area contributed by atoms with Crippen LogP contribution in [-0.4, -0.2) is 12.3 Å². The summed E-state index contributed by atoms with van der Waals surface area (Å²) in [4.78, 5) is 1.06. The van der Waals surface area contributed by atoms with E-state index in [1.54, 1.807) is 11.8 Å². The summed E-state index contributed by atoms with van der Waals surface area (Å²) in [6.45, 7) is 0. The Kier molecular flexibility index (Phi) is 3.17. The van der Waals surface area contributed by atoms with Crippen molar-refractivity contribution in [2.45, 2.75) is 30.2 Å². The predicted molar refractivity (Wildman–Crippen MR) is 64.2 cm³/mol. The second kappa shape index (κ2) is 4.59. The molecule has 0 amide bonds. The van der Waals surface area contributed by atoms with E-state index in [0.29, 0.717) is 6.04 Å². The van der Waals surface area contributed by atoms with Crippen molar-refractivity contribution in [1.29, 1.82) is 5.26 Å². The Balaban J connectivity index is 2.25. The topological polar surface area (TPSA) is 35.8 Å². The van der Waals surface area contributed by atoms with Crippen molar-refractivity contribution in [3.8, 4) is 6.07 Å². The van der Waals surface area contributed by atoms with Gasteiger partial charge in [0.15, 0.2) is 0 Å². The van der Waals surface area contributed by atoms with Crippen molar-refractivity contribution >= 4 is 17.4 Å². The van der Waals surface area contributed by atoms with Gasteiger partial charge in [-0.2, -0.15) is 5.26 Å². The molecule has 0 saturated heterocycles. The summed E-state index contributed by atoms with van der Waals surface area (Å²) in [5, 5.41) is 12.6. The minimum Gasteiger partial charge on any atom is -0.381 e. The zero-order valence-electron chi connectivity index (χ0n) is 8.79. The van der Waals surface area contributed by atoms with E-state index >= 15 is 0 Å². The minimum atomic E-state index is 0.578. The molecule has 78 valence electrons. The van der Waals surface area contributed by atoms with Crippen LogP contribution in [0.15, 0.2) is 23.1 Å². The molecule has 1 aromatic rings. The van der Waals surface area contributed by atoms with Crippen molar-refractivity contribution in [3.05, 3.63) is 23.8 Å². The first-order valence-electron chi connectivity index (χ1n) is 5.19. The summed E-state index contributed by atoms with van der Waals surface area (Å²) in [6.07, 6.45) is 5.77. The molecule has 0 aliphatic heterocycles. The highest BCUT2D eigenvalue weighted by atomic mass is 32.2. The summed E-state index contributed by atoms with van der Waals surface area (Å²) in [5.74, 6) is 0. The van der Waals surface area contributed by atoms with Gasteiger partial charge in [0.25, 0.3) is 0 Å². The van der Waals surface area contributed by atoms with Gasteiger partial charge in [-0.1, -0.05) is 6.07 Å². The van der Waals surface area contributed by atoms with E-state index in [4.69, 9.17) is 5.26 Å². The van der Waals surface area contributed by atoms with Crippen molar-refractivity contribution < 1.29 is 0 Å².